The fourth-order valence-electron chi connectivity index (χ4n) is 4.51. The van der Waals surface area contributed by atoms with Crippen LogP contribution in [0, 0.1) is 5.82 Å². The van der Waals surface area contributed by atoms with Crippen molar-refractivity contribution >= 4 is 39.1 Å². The van der Waals surface area contributed by atoms with Crippen molar-refractivity contribution < 1.29 is 22.4 Å². The lowest BCUT2D eigenvalue weighted by Gasteiger charge is -2.32. The Kier molecular flexibility index (Phi) is 12.2. The number of sulfonamides is 1. The molecule has 0 radical (unpaired) electrons. The molecule has 3 rings (SSSR count). The average molecular weight is 602 g/mol. The van der Waals surface area contributed by atoms with Gasteiger partial charge in [-0.3, -0.25) is 13.9 Å². The number of hydrogen-bond donors (Lipinski definition) is 1. The van der Waals surface area contributed by atoms with E-state index in [0.29, 0.717) is 23.6 Å². The third-order valence-corrected chi connectivity index (χ3v) is 8.22. The standard InChI is InChI=1S/C31H37ClFN3O4S/c1-3-4-20-34-31(38)29(22-24-13-6-5-7-14-24)35(23-25-15-8-9-16-26(25)32)30(37)19-12-21-36(41(2,39)40)28-18-11-10-17-27(28)33/h5-11,13-18,29H,3-4,12,19-23H2,1-2H3,(H,34,38). The number of amides is 2. The summed E-state index contributed by atoms with van der Waals surface area (Å²) >= 11 is 6.45. The first-order valence-corrected chi connectivity index (χ1v) is 15.9. The molecule has 10 heteroatoms. The highest BCUT2D eigenvalue weighted by molar-refractivity contribution is 7.92. The van der Waals surface area contributed by atoms with Gasteiger partial charge in [0.05, 0.1) is 11.9 Å². The molecule has 0 aliphatic rings. The number of carbonyl (C=O) groups is 2. The van der Waals surface area contributed by atoms with Gasteiger partial charge in [-0.2, -0.15) is 0 Å². The maximum atomic E-state index is 14.5. The van der Waals surface area contributed by atoms with Crippen LogP contribution in [0.15, 0.2) is 78.9 Å². The van der Waals surface area contributed by atoms with Crippen LogP contribution in [0.1, 0.15) is 43.7 Å². The Balaban J connectivity index is 1.88. The van der Waals surface area contributed by atoms with E-state index in [2.05, 4.69) is 5.32 Å². The maximum Gasteiger partial charge on any atom is 0.243 e. The summed E-state index contributed by atoms with van der Waals surface area (Å²) in [6.07, 6.45) is 3.07. The molecule has 0 saturated heterocycles. The summed E-state index contributed by atoms with van der Waals surface area (Å²) in [6, 6.07) is 21.4. The Labute approximate surface area is 247 Å². The Hall–Kier alpha value is -3.43. The smallest absolute Gasteiger partial charge is 0.243 e. The molecule has 1 unspecified atom stereocenters. The monoisotopic (exact) mass is 601 g/mol. The van der Waals surface area contributed by atoms with Crippen LogP contribution >= 0.6 is 11.6 Å². The highest BCUT2D eigenvalue weighted by Gasteiger charge is 2.31. The minimum absolute atomic E-state index is 0.0571. The minimum atomic E-state index is -3.81. The van der Waals surface area contributed by atoms with Gasteiger partial charge < -0.3 is 10.2 Å². The van der Waals surface area contributed by atoms with E-state index in [4.69, 9.17) is 11.6 Å². The normalized spacial score (nSPS) is 12.0. The van der Waals surface area contributed by atoms with E-state index in [-0.39, 0.29) is 43.4 Å². The zero-order valence-electron chi connectivity index (χ0n) is 23.4. The molecule has 220 valence electrons. The summed E-state index contributed by atoms with van der Waals surface area (Å²) in [5.74, 6) is -1.28. The van der Waals surface area contributed by atoms with Crippen molar-refractivity contribution in [3.63, 3.8) is 0 Å². The van der Waals surface area contributed by atoms with Crippen molar-refractivity contribution in [3.8, 4) is 0 Å². The molecule has 0 aromatic heterocycles. The van der Waals surface area contributed by atoms with Crippen molar-refractivity contribution in [2.75, 3.05) is 23.7 Å². The molecule has 41 heavy (non-hydrogen) atoms. The predicted octanol–water partition coefficient (Wildman–Crippen LogP) is 5.58. The largest absolute Gasteiger partial charge is 0.354 e. The van der Waals surface area contributed by atoms with E-state index in [1.54, 1.807) is 24.3 Å². The number of rotatable bonds is 15. The molecule has 0 fully saturated rings. The number of carbonyl (C=O) groups excluding carboxylic acids is 2. The van der Waals surface area contributed by atoms with Crippen molar-refractivity contribution in [2.24, 2.45) is 0 Å². The zero-order chi connectivity index (χ0) is 29.8. The number of anilines is 1. The quantitative estimate of drug-likeness (QED) is 0.230. The minimum Gasteiger partial charge on any atom is -0.354 e. The molecule has 0 saturated carbocycles. The Morgan fingerprint density at radius 1 is 0.951 bits per heavy atom. The Morgan fingerprint density at radius 2 is 1.61 bits per heavy atom. The van der Waals surface area contributed by atoms with Gasteiger partial charge in [0.15, 0.2) is 0 Å². The second kappa shape index (κ2) is 15.5. The molecule has 0 aliphatic heterocycles. The number of unbranched alkanes of at least 4 members (excludes halogenated alkanes) is 1. The van der Waals surface area contributed by atoms with E-state index < -0.39 is 21.9 Å². The van der Waals surface area contributed by atoms with Gasteiger partial charge in [0.25, 0.3) is 0 Å². The van der Waals surface area contributed by atoms with Crippen molar-refractivity contribution in [3.05, 3.63) is 101 Å². The summed E-state index contributed by atoms with van der Waals surface area (Å²) < 4.78 is 40.4. The fourth-order valence-corrected chi connectivity index (χ4v) is 5.67. The van der Waals surface area contributed by atoms with Crippen molar-refractivity contribution in [1.82, 2.24) is 10.2 Å². The lowest BCUT2D eigenvalue weighted by Crippen LogP contribution is -2.50. The lowest BCUT2D eigenvalue weighted by molar-refractivity contribution is -0.141. The van der Waals surface area contributed by atoms with Crippen LogP contribution in [-0.2, 0) is 32.6 Å². The first kappa shape index (κ1) is 32.1. The molecule has 3 aromatic carbocycles. The molecule has 7 nitrogen and oxygen atoms in total. The molecule has 0 heterocycles. The third-order valence-electron chi connectivity index (χ3n) is 6.67. The third kappa shape index (κ3) is 9.57. The van der Waals surface area contributed by atoms with Crippen molar-refractivity contribution in [1.29, 1.82) is 0 Å². The molecule has 0 spiro atoms. The van der Waals surface area contributed by atoms with Crippen molar-refractivity contribution in [2.45, 2.75) is 51.6 Å². The molecule has 0 bridgehead atoms. The topological polar surface area (TPSA) is 86.8 Å². The van der Waals surface area contributed by atoms with Crippen LogP contribution in [0.4, 0.5) is 10.1 Å². The number of nitrogens with zero attached hydrogens (tertiary/aromatic N) is 2. The van der Waals surface area contributed by atoms with E-state index in [9.17, 15) is 22.4 Å². The molecule has 3 aromatic rings. The van der Waals surface area contributed by atoms with Gasteiger partial charge in [-0.15, -0.1) is 0 Å². The zero-order valence-corrected chi connectivity index (χ0v) is 25.0. The van der Waals surface area contributed by atoms with Crippen LogP contribution < -0.4 is 9.62 Å². The number of para-hydroxylation sites is 1. The number of hydrogen-bond acceptors (Lipinski definition) is 4. The molecule has 1 atom stereocenters. The molecule has 0 aliphatic carbocycles. The highest BCUT2D eigenvalue weighted by Crippen LogP contribution is 2.24. The average Bonchev–Trinajstić information content (AvgIpc) is 2.94. The van der Waals surface area contributed by atoms with Gasteiger partial charge in [-0.05, 0) is 42.2 Å². The van der Waals surface area contributed by atoms with Gasteiger partial charge in [0, 0.05) is 37.5 Å². The second-order valence-electron chi connectivity index (χ2n) is 9.85. The summed E-state index contributed by atoms with van der Waals surface area (Å²) in [6.45, 7) is 2.51. The first-order valence-electron chi connectivity index (χ1n) is 13.7. The number of halogens is 2. The van der Waals surface area contributed by atoms with Gasteiger partial charge >= 0.3 is 0 Å². The molecular formula is C31H37ClFN3O4S. The van der Waals surface area contributed by atoms with Crippen LogP contribution in [0.2, 0.25) is 5.02 Å². The van der Waals surface area contributed by atoms with Crippen LogP contribution in [0.5, 0.6) is 0 Å². The van der Waals surface area contributed by atoms with E-state index in [1.165, 1.54) is 23.1 Å². The van der Waals surface area contributed by atoms with Crippen LogP contribution in [-0.4, -0.2) is 50.5 Å². The van der Waals surface area contributed by atoms with E-state index >= 15 is 0 Å². The SMILES string of the molecule is CCCCNC(=O)C(Cc1ccccc1)N(Cc1ccccc1Cl)C(=O)CCCN(c1ccccc1F)S(C)(=O)=O. The first-order chi connectivity index (χ1) is 19.6. The summed E-state index contributed by atoms with van der Waals surface area (Å²) in [4.78, 5) is 28.8. The van der Waals surface area contributed by atoms with Gasteiger partial charge in [-0.1, -0.05) is 85.6 Å². The van der Waals surface area contributed by atoms with E-state index in [1.807, 2.05) is 43.3 Å². The summed E-state index contributed by atoms with van der Waals surface area (Å²) in [5, 5.41) is 3.44. The predicted molar refractivity (Wildman–Crippen MR) is 162 cm³/mol. The van der Waals surface area contributed by atoms with Gasteiger partial charge in [0.1, 0.15) is 11.9 Å². The van der Waals surface area contributed by atoms with Gasteiger partial charge in [0.2, 0.25) is 21.8 Å². The number of nitrogens with one attached hydrogen (secondary N) is 1. The number of benzene rings is 3. The molecular weight excluding hydrogens is 565 g/mol. The summed E-state index contributed by atoms with van der Waals surface area (Å²) in [7, 11) is -3.81. The Bertz CT molecular complexity index is 1410. The summed E-state index contributed by atoms with van der Waals surface area (Å²) in [5.41, 5.74) is 1.50. The van der Waals surface area contributed by atoms with E-state index in [0.717, 1.165) is 29.0 Å². The van der Waals surface area contributed by atoms with Crippen LogP contribution in [0.25, 0.3) is 0 Å². The lowest BCUT2D eigenvalue weighted by atomic mass is 10.0. The van der Waals surface area contributed by atoms with Crippen LogP contribution in [0.3, 0.4) is 0 Å². The van der Waals surface area contributed by atoms with Gasteiger partial charge in [-0.25, -0.2) is 12.8 Å². The fraction of sp³-hybridized carbons (Fsp3) is 0.355. The molecule has 2 amide bonds. The Morgan fingerprint density at radius 3 is 2.27 bits per heavy atom. The highest BCUT2D eigenvalue weighted by atomic mass is 35.5. The second-order valence-corrected chi connectivity index (χ2v) is 12.2. The maximum absolute atomic E-state index is 14.5. The molecule has 1 N–H and O–H groups in total.